The van der Waals surface area contributed by atoms with Crippen LogP contribution in [0.4, 0.5) is 0 Å². The van der Waals surface area contributed by atoms with Crippen molar-refractivity contribution in [2.24, 2.45) is 0 Å². The highest BCUT2D eigenvalue weighted by Gasteiger charge is 2.17. The van der Waals surface area contributed by atoms with Crippen molar-refractivity contribution in [3.8, 4) is 67.7 Å². The van der Waals surface area contributed by atoms with Crippen molar-refractivity contribution < 1.29 is 0 Å². The summed E-state index contributed by atoms with van der Waals surface area (Å²) in [7, 11) is 0. The lowest BCUT2D eigenvalue weighted by molar-refractivity contribution is 1.07. The van der Waals surface area contributed by atoms with Crippen molar-refractivity contribution in [1.82, 2.24) is 19.9 Å². The molecule has 2 aromatic heterocycles. The Morgan fingerprint density at radius 3 is 1.46 bits per heavy atom. The fraction of sp³-hybridized carbons (Fsp3) is 0. The molecule has 0 saturated heterocycles. The van der Waals surface area contributed by atoms with Gasteiger partial charge in [0.15, 0.2) is 17.5 Å². The Morgan fingerprint density at radius 2 is 0.778 bits per heavy atom. The molecule has 0 saturated carbocycles. The second-order valence-electron chi connectivity index (χ2n) is 13.5. The van der Waals surface area contributed by atoms with Gasteiger partial charge in [-0.1, -0.05) is 158 Å². The van der Waals surface area contributed by atoms with Crippen LogP contribution in [0.2, 0.25) is 0 Å². The molecule has 2 heterocycles. The number of rotatable bonds is 6. The zero-order valence-corrected chi connectivity index (χ0v) is 29.3. The van der Waals surface area contributed by atoms with Crippen LogP contribution in [0.5, 0.6) is 0 Å². The maximum atomic E-state index is 5.13. The van der Waals surface area contributed by atoms with Gasteiger partial charge in [-0.15, -0.1) is 0 Å². The summed E-state index contributed by atoms with van der Waals surface area (Å²) in [4.78, 5) is 20.0. The van der Waals surface area contributed by atoms with E-state index in [4.69, 9.17) is 19.9 Å². The van der Waals surface area contributed by atoms with Crippen LogP contribution in [-0.4, -0.2) is 19.9 Å². The van der Waals surface area contributed by atoms with Crippen LogP contribution in [0.1, 0.15) is 0 Å². The van der Waals surface area contributed by atoms with E-state index in [1.54, 1.807) is 0 Å². The van der Waals surface area contributed by atoms with Crippen LogP contribution in [0.3, 0.4) is 0 Å². The topological polar surface area (TPSA) is 51.6 Å². The third-order valence-electron chi connectivity index (χ3n) is 10.1. The van der Waals surface area contributed by atoms with Crippen LogP contribution in [0.15, 0.2) is 194 Å². The maximum absolute atomic E-state index is 5.13. The highest BCUT2D eigenvalue weighted by Crippen LogP contribution is 2.39. The number of hydrogen-bond acceptors (Lipinski definition) is 4. The summed E-state index contributed by atoms with van der Waals surface area (Å²) in [5, 5.41) is 7.17. The highest BCUT2D eigenvalue weighted by molar-refractivity contribution is 6.14. The first-order valence-corrected chi connectivity index (χ1v) is 18.1. The van der Waals surface area contributed by atoms with E-state index in [1.165, 1.54) is 26.9 Å². The Hall–Kier alpha value is -7.30. The third kappa shape index (κ3) is 5.76. The van der Waals surface area contributed by atoms with Gasteiger partial charge < -0.3 is 0 Å². The molecule has 8 aromatic carbocycles. The molecule has 0 fully saturated rings. The Labute approximate surface area is 313 Å². The lowest BCUT2D eigenvalue weighted by Gasteiger charge is -2.15. The summed E-state index contributed by atoms with van der Waals surface area (Å²) in [6.45, 7) is 0. The molecule has 4 heteroatoms. The van der Waals surface area contributed by atoms with Gasteiger partial charge in [0.2, 0.25) is 0 Å². The van der Waals surface area contributed by atoms with E-state index in [9.17, 15) is 0 Å². The Balaban J connectivity index is 1.20. The molecule has 0 atom stereocenters. The average molecular weight is 689 g/mol. The van der Waals surface area contributed by atoms with E-state index in [0.717, 1.165) is 55.6 Å². The number of benzene rings is 8. The van der Waals surface area contributed by atoms with Gasteiger partial charge in [0.25, 0.3) is 0 Å². The molecule has 0 spiro atoms. The van der Waals surface area contributed by atoms with E-state index in [1.807, 2.05) is 66.9 Å². The quantitative estimate of drug-likeness (QED) is 0.163. The number of hydrogen-bond donors (Lipinski definition) is 0. The summed E-state index contributed by atoms with van der Waals surface area (Å²) >= 11 is 0. The van der Waals surface area contributed by atoms with Crippen molar-refractivity contribution >= 4 is 32.3 Å². The minimum atomic E-state index is 0.618. The molecule has 0 amide bonds. The van der Waals surface area contributed by atoms with Crippen molar-refractivity contribution in [3.63, 3.8) is 0 Å². The summed E-state index contributed by atoms with van der Waals surface area (Å²) in [6.07, 6.45) is 1.89. The standard InChI is InChI=1S/C50H32N4/c1-3-14-36(15-4-1)48-52-49(37-16-5-2-6-17-37)54-50(53-48)41-30-39(33-23-25-35(26-24-33)47-43-20-10-7-13-34(43)27-28-51-47)29-40(31-41)46-32-38-18-8-9-19-42(38)44-21-11-12-22-45(44)46/h1-32H. The second-order valence-corrected chi connectivity index (χ2v) is 13.5. The van der Waals surface area contributed by atoms with Crippen molar-refractivity contribution in [2.75, 3.05) is 0 Å². The van der Waals surface area contributed by atoms with Gasteiger partial charge in [-0.2, -0.15) is 0 Å². The van der Waals surface area contributed by atoms with Gasteiger partial charge in [0.1, 0.15) is 0 Å². The molecular weight excluding hydrogens is 657 g/mol. The molecule has 10 rings (SSSR count). The van der Waals surface area contributed by atoms with Gasteiger partial charge in [0, 0.05) is 33.8 Å². The molecular formula is C50H32N4. The first-order valence-electron chi connectivity index (χ1n) is 18.1. The van der Waals surface area contributed by atoms with Crippen LogP contribution in [0.25, 0.3) is 100.0 Å². The van der Waals surface area contributed by atoms with E-state index >= 15 is 0 Å². The molecule has 0 aliphatic heterocycles. The smallest absolute Gasteiger partial charge is 0.164 e. The number of pyridine rings is 1. The van der Waals surface area contributed by atoms with E-state index in [0.29, 0.717) is 17.5 Å². The number of fused-ring (bicyclic) bond motifs is 4. The normalized spacial score (nSPS) is 11.3. The minimum absolute atomic E-state index is 0.618. The second kappa shape index (κ2) is 13.4. The van der Waals surface area contributed by atoms with Crippen LogP contribution in [0, 0.1) is 0 Å². The highest BCUT2D eigenvalue weighted by atomic mass is 15.0. The monoisotopic (exact) mass is 688 g/mol. The zero-order valence-electron chi connectivity index (χ0n) is 29.3. The lowest BCUT2D eigenvalue weighted by atomic mass is 9.90. The molecule has 0 unspecified atom stereocenters. The number of aromatic nitrogens is 4. The molecule has 0 N–H and O–H groups in total. The first kappa shape index (κ1) is 31.4. The summed E-state index contributed by atoms with van der Waals surface area (Å²) < 4.78 is 0. The summed E-state index contributed by atoms with van der Waals surface area (Å²) in [5.74, 6) is 1.89. The first-order chi connectivity index (χ1) is 26.7. The molecule has 252 valence electrons. The van der Waals surface area contributed by atoms with Gasteiger partial charge in [-0.05, 0) is 79.5 Å². The molecule has 0 bridgehead atoms. The average Bonchev–Trinajstić information content (AvgIpc) is 3.26. The predicted molar refractivity (Wildman–Crippen MR) is 223 cm³/mol. The van der Waals surface area contributed by atoms with Gasteiger partial charge >= 0.3 is 0 Å². The third-order valence-corrected chi connectivity index (χ3v) is 10.1. The SMILES string of the molecule is c1ccc(-c2nc(-c3ccccc3)nc(-c3cc(-c4ccc(-c5nccc6ccccc56)cc4)cc(-c4cc5ccccc5c5ccccc45)c3)n2)cc1. The Morgan fingerprint density at radius 1 is 0.278 bits per heavy atom. The van der Waals surface area contributed by atoms with Crippen LogP contribution in [-0.2, 0) is 0 Å². The molecule has 10 aromatic rings. The Kier molecular flexibility index (Phi) is 7.77. The van der Waals surface area contributed by atoms with Crippen LogP contribution < -0.4 is 0 Å². The van der Waals surface area contributed by atoms with Gasteiger partial charge in [-0.3, -0.25) is 4.98 Å². The molecule has 0 aliphatic carbocycles. The molecule has 0 radical (unpaired) electrons. The molecule has 4 nitrogen and oxygen atoms in total. The molecule has 0 aliphatic rings. The zero-order chi connectivity index (χ0) is 35.8. The van der Waals surface area contributed by atoms with Crippen molar-refractivity contribution in [2.45, 2.75) is 0 Å². The van der Waals surface area contributed by atoms with E-state index in [2.05, 4.69) is 127 Å². The van der Waals surface area contributed by atoms with Gasteiger partial charge in [-0.25, -0.2) is 15.0 Å². The summed E-state index contributed by atoms with van der Waals surface area (Å²) in [5.41, 5.74) is 9.25. The minimum Gasteiger partial charge on any atom is -0.256 e. The van der Waals surface area contributed by atoms with Gasteiger partial charge in [0.05, 0.1) is 5.69 Å². The predicted octanol–water partition coefficient (Wildman–Crippen LogP) is 12.7. The largest absolute Gasteiger partial charge is 0.256 e. The number of nitrogens with zero attached hydrogens (tertiary/aromatic N) is 4. The lowest BCUT2D eigenvalue weighted by Crippen LogP contribution is -2.00. The Bertz CT molecular complexity index is 2910. The fourth-order valence-corrected chi connectivity index (χ4v) is 7.48. The van der Waals surface area contributed by atoms with E-state index in [-0.39, 0.29) is 0 Å². The van der Waals surface area contributed by atoms with Crippen LogP contribution >= 0.6 is 0 Å². The van der Waals surface area contributed by atoms with Crippen molar-refractivity contribution in [3.05, 3.63) is 194 Å². The summed E-state index contributed by atoms with van der Waals surface area (Å²) in [6, 6.07) is 65.8. The fourth-order valence-electron chi connectivity index (χ4n) is 7.48. The van der Waals surface area contributed by atoms with E-state index < -0.39 is 0 Å². The maximum Gasteiger partial charge on any atom is 0.164 e. The molecule has 54 heavy (non-hydrogen) atoms. The van der Waals surface area contributed by atoms with Crippen molar-refractivity contribution in [1.29, 1.82) is 0 Å².